The van der Waals surface area contributed by atoms with Gasteiger partial charge in [-0.3, -0.25) is 4.79 Å². The van der Waals surface area contributed by atoms with Crippen LogP contribution in [0.4, 0.5) is 5.82 Å². The van der Waals surface area contributed by atoms with E-state index in [4.69, 9.17) is 5.73 Å². The number of hydrogen-bond acceptors (Lipinski definition) is 4. The quantitative estimate of drug-likeness (QED) is 0.741. The number of nitrogens with zero attached hydrogens (tertiary/aromatic N) is 2. The molecule has 0 bridgehead atoms. The summed E-state index contributed by atoms with van der Waals surface area (Å²) in [7, 11) is 0. The average molecular weight is 224 g/mol. The lowest BCUT2D eigenvalue weighted by Crippen LogP contribution is -2.34. The van der Waals surface area contributed by atoms with E-state index < -0.39 is 0 Å². The Hall–Kier alpha value is -1.36. The van der Waals surface area contributed by atoms with E-state index in [0.29, 0.717) is 18.3 Å². The van der Waals surface area contributed by atoms with Crippen molar-refractivity contribution in [3.8, 4) is 0 Å². The number of aromatic amines is 1. The molecule has 1 heterocycles. The van der Waals surface area contributed by atoms with Gasteiger partial charge in [0.25, 0.3) is 5.56 Å². The van der Waals surface area contributed by atoms with Gasteiger partial charge in [0.2, 0.25) is 0 Å². The molecule has 0 fully saturated rings. The summed E-state index contributed by atoms with van der Waals surface area (Å²) in [5.41, 5.74) is 5.35. The number of anilines is 1. The minimum atomic E-state index is -0.139. The van der Waals surface area contributed by atoms with Crippen molar-refractivity contribution in [3.05, 3.63) is 22.7 Å². The zero-order chi connectivity index (χ0) is 12.0. The van der Waals surface area contributed by atoms with E-state index >= 15 is 0 Å². The minimum Gasteiger partial charge on any atom is -0.352 e. The first-order valence-electron chi connectivity index (χ1n) is 5.64. The van der Waals surface area contributed by atoms with Crippen molar-refractivity contribution >= 4 is 5.82 Å². The van der Waals surface area contributed by atoms with E-state index in [0.717, 1.165) is 19.5 Å². The Bertz CT molecular complexity index is 361. The van der Waals surface area contributed by atoms with Crippen LogP contribution in [0.25, 0.3) is 0 Å². The summed E-state index contributed by atoms with van der Waals surface area (Å²) in [6.07, 6.45) is 4.01. The normalized spacial score (nSPS) is 10.8. The minimum absolute atomic E-state index is 0.139. The van der Waals surface area contributed by atoms with Gasteiger partial charge in [0.15, 0.2) is 5.82 Å². The first-order valence-corrected chi connectivity index (χ1v) is 5.64. The molecule has 0 aromatic carbocycles. The molecule has 0 amide bonds. The van der Waals surface area contributed by atoms with Gasteiger partial charge in [-0.2, -0.15) is 0 Å². The zero-order valence-electron chi connectivity index (χ0n) is 9.94. The molecular weight excluding hydrogens is 204 g/mol. The highest BCUT2D eigenvalue weighted by Crippen LogP contribution is 2.07. The molecular formula is C11H20N4O. The zero-order valence-corrected chi connectivity index (χ0v) is 9.94. The number of rotatable bonds is 6. The first-order chi connectivity index (χ1) is 7.65. The van der Waals surface area contributed by atoms with E-state index in [1.54, 1.807) is 12.4 Å². The Balaban J connectivity index is 2.83. The van der Waals surface area contributed by atoms with E-state index in [9.17, 15) is 4.79 Å². The molecule has 1 aromatic heterocycles. The highest BCUT2D eigenvalue weighted by molar-refractivity contribution is 5.34. The maximum atomic E-state index is 11.6. The van der Waals surface area contributed by atoms with Crippen molar-refractivity contribution in [1.82, 2.24) is 9.97 Å². The van der Waals surface area contributed by atoms with Gasteiger partial charge < -0.3 is 15.6 Å². The van der Waals surface area contributed by atoms with E-state index in [1.807, 2.05) is 4.90 Å². The Morgan fingerprint density at radius 3 is 2.88 bits per heavy atom. The molecule has 3 N–H and O–H groups in total. The fourth-order valence-corrected chi connectivity index (χ4v) is 1.58. The van der Waals surface area contributed by atoms with Crippen LogP contribution in [0.15, 0.2) is 17.2 Å². The molecule has 0 radical (unpaired) electrons. The fraction of sp³-hybridized carbons (Fsp3) is 0.636. The summed E-state index contributed by atoms with van der Waals surface area (Å²) in [5.74, 6) is 0.976. The van der Waals surface area contributed by atoms with Gasteiger partial charge in [-0.1, -0.05) is 13.8 Å². The van der Waals surface area contributed by atoms with Crippen molar-refractivity contribution in [2.24, 2.45) is 11.7 Å². The Morgan fingerprint density at radius 1 is 1.56 bits per heavy atom. The predicted octanol–water partition coefficient (Wildman–Crippen LogP) is 0.581. The fourth-order valence-electron chi connectivity index (χ4n) is 1.58. The number of nitrogens with two attached hydrogens (primary N) is 1. The summed E-state index contributed by atoms with van der Waals surface area (Å²) < 4.78 is 0. The van der Waals surface area contributed by atoms with Crippen molar-refractivity contribution in [2.45, 2.75) is 20.3 Å². The number of nitrogens with one attached hydrogen (secondary N) is 1. The van der Waals surface area contributed by atoms with Crippen LogP contribution in [0.5, 0.6) is 0 Å². The largest absolute Gasteiger partial charge is 0.352 e. The van der Waals surface area contributed by atoms with Crippen LogP contribution in [0.2, 0.25) is 0 Å². The van der Waals surface area contributed by atoms with Gasteiger partial charge in [0.1, 0.15) is 0 Å². The van der Waals surface area contributed by atoms with Crippen molar-refractivity contribution in [2.75, 3.05) is 24.5 Å². The number of hydrogen-bond donors (Lipinski definition) is 2. The molecule has 0 spiro atoms. The summed E-state index contributed by atoms with van der Waals surface area (Å²) >= 11 is 0. The van der Waals surface area contributed by atoms with Crippen molar-refractivity contribution < 1.29 is 0 Å². The number of aromatic nitrogens is 2. The van der Waals surface area contributed by atoms with Crippen molar-refractivity contribution in [1.29, 1.82) is 0 Å². The lowest BCUT2D eigenvalue weighted by molar-refractivity contribution is 0.594. The molecule has 0 saturated heterocycles. The molecule has 1 rings (SSSR count). The summed E-state index contributed by atoms with van der Waals surface area (Å²) in [6, 6.07) is 0. The Labute approximate surface area is 95.7 Å². The second kappa shape index (κ2) is 6.27. The molecule has 0 aliphatic rings. The third-order valence-corrected chi connectivity index (χ3v) is 2.21. The van der Waals surface area contributed by atoms with Gasteiger partial charge in [-0.25, -0.2) is 4.98 Å². The second-order valence-corrected chi connectivity index (χ2v) is 4.22. The molecule has 0 atom stereocenters. The van der Waals surface area contributed by atoms with Crippen LogP contribution in [0, 0.1) is 5.92 Å². The van der Waals surface area contributed by atoms with Crippen LogP contribution in [-0.2, 0) is 0 Å². The van der Waals surface area contributed by atoms with Crippen LogP contribution in [-0.4, -0.2) is 29.6 Å². The smallest absolute Gasteiger partial charge is 0.290 e. The van der Waals surface area contributed by atoms with E-state index in [2.05, 4.69) is 23.8 Å². The topological polar surface area (TPSA) is 75.0 Å². The van der Waals surface area contributed by atoms with Gasteiger partial charge >= 0.3 is 0 Å². The SMILES string of the molecule is CC(C)CN(CCCN)c1ncc[nH]c1=O. The van der Waals surface area contributed by atoms with Crippen LogP contribution in [0.3, 0.4) is 0 Å². The number of H-pyrrole nitrogens is 1. The summed E-state index contributed by atoms with van der Waals surface area (Å²) in [5, 5.41) is 0. The molecule has 5 nitrogen and oxygen atoms in total. The molecule has 0 aliphatic heterocycles. The lowest BCUT2D eigenvalue weighted by atomic mass is 10.2. The third-order valence-electron chi connectivity index (χ3n) is 2.21. The maximum absolute atomic E-state index is 11.6. The standard InChI is InChI=1S/C11H20N4O/c1-9(2)8-15(7-3-4-12)10-11(16)14-6-5-13-10/h5-6,9H,3-4,7-8,12H2,1-2H3,(H,14,16). The lowest BCUT2D eigenvalue weighted by Gasteiger charge is -2.24. The third kappa shape index (κ3) is 3.66. The predicted molar refractivity (Wildman–Crippen MR) is 65.6 cm³/mol. The molecule has 0 aliphatic carbocycles. The maximum Gasteiger partial charge on any atom is 0.290 e. The monoisotopic (exact) mass is 224 g/mol. The van der Waals surface area contributed by atoms with Crippen LogP contribution < -0.4 is 16.2 Å². The second-order valence-electron chi connectivity index (χ2n) is 4.22. The summed E-state index contributed by atoms with van der Waals surface area (Å²) in [6.45, 7) is 6.45. The molecule has 0 saturated carbocycles. The highest BCUT2D eigenvalue weighted by Gasteiger charge is 2.12. The van der Waals surface area contributed by atoms with Crippen LogP contribution >= 0.6 is 0 Å². The van der Waals surface area contributed by atoms with Crippen LogP contribution in [0.1, 0.15) is 20.3 Å². The van der Waals surface area contributed by atoms with Gasteiger partial charge in [0, 0.05) is 25.5 Å². The highest BCUT2D eigenvalue weighted by atomic mass is 16.1. The molecule has 90 valence electrons. The summed E-state index contributed by atoms with van der Waals surface area (Å²) in [4.78, 5) is 20.4. The average Bonchev–Trinajstić information content (AvgIpc) is 2.24. The van der Waals surface area contributed by atoms with E-state index in [1.165, 1.54) is 0 Å². The molecule has 16 heavy (non-hydrogen) atoms. The Morgan fingerprint density at radius 2 is 2.31 bits per heavy atom. The van der Waals surface area contributed by atoms with E-state index in [-0.39, 0.29) is 5.56 Å². The molecule has 1 aromatic rings. The molecule has 5 heteroatoms. The van der Waals surface area contributed by atoms with Gasteiger partial charge in [-0.05, 0) is 18.9 Å². The first kappa shape index (κ1) is 12.7. The molecule has 0 unspecified atom stereocenters. The van der Waals surface area contributed by atoms with Crippen molar-refractivity contribution in [3.63, 3.8) is 0 Å². The van der Waals surface area contributed by atoms with Gasteiger partial charge in [-0.15, -0.1) is 0 Å². The Kier molecular flexibility index (Phi) is 4.98. The van der Waals surface area contributed by atoms with Gasteiger partial charge in [0.05, 0.1) is 0 Å².